The molecule has 0 aliphatic heterocycles. The zero-order chi connectivity index (χ0) is 19.9. The second-order valence-electron chi connectivity index (χ2n) is 5.97. The van der Waals surface area contributed by atoms with Crippen molar-refractivity contribution in [1.29, 1.82) is 0 Å². The third kappa shape index (κ3) is 6.81. The van der Waals surface area contributed by atoms with E-state index >= 15 is 0 Å². The van der Waals surface area contributed by atoms with Crippen LogP contribution in [0.5, 0.6) is 0 Å². The molecule has 0 aliphatic carbocycles. The number of carbonyl (C=O) groups is 3. The average molecular weight is 385 g/mol. The van der Waals surface area contributed by atoms with E-state index in [0.29, 0.717) is 0 Å². The first-order valence-corrected chi connectivity index (χ1v) is 9.37. The van der Waals surface area contributed by atoms with Crippen LogP contribution in [0, 0.1) is 12.8 Å². The Bertz CT molecular complexity index is 759. The summed E-state index contributed by atoms with van der Waals surface area (Å²) in [5.74, 6) is -2.02. The third-order valence-corrected chi connectivity index (χ3v) is 4.80. The van der Waals surface area contributed by atoms with Crippen LogP contribution in [-0.2, 0) is 24.3 Å². The molecule has 1 rings (SSSR count). The third-order valence-electron chi connectivity index (χ3n) is 3.32. The highest BCUT2D eigenvalue weighted by Crippen LogP contribution is 2.11. The number of hydrogen-bond donors (Lipinski definition) is 3. The highest BCUT2D eigenvalue weighted by molar-refractivity contribution is 7.89. The molecule has 0 saturated carbocycles. The normalized spacial score (nSPS) is 12.5. The van der Waals surface area contributed by atoms with Gasteiger partial charge in [0, 0.05) is 6.54 Å². The van der Waals surface area contributed by atoms with Gasteiger partial charge >= 0.3 is 12.0 Å². The van der Waals surface area contributed by atoms with Gasteiger partial charge in [-0.3, -0.25) is 14.9 Å². The fraction of sp³-hybridized carbons (Fsp3) is 0.438. The molecule has 1 atom stereocenters. The van der Waals surface area contributed by atoms with Gasteiger partial charge in [0.1, 0.15) is 0 Å². The molecular weight excluding hydrogens is 362 g/mol. The number of rotatable bonds is 8. The first-order chi connectivity index (χ1) is 12.0. The lowest BCUT2D eigenvalue weighted by atomic mass is 10.1. The van der Waals surface area contributed by atoms with Crippen LogP contribution >= 0.6 is 0 Å². The number of carbonyl (C=O) groups excluding carboxylic acids is 3. The predicted molar refractivity (Wildman–Crippen MR) is 93.4 cm³/mol. The van der Waals surface area contributed by atoms with Gasteiger partial charge in [0.15, 0.2) is 6.10 Å². The summed E-state index contributed by atoms with van der Waals surface area (Å²) >= 11 is 0. The fourth-order valence-electron chi connectivity index (χ4n) is 1.97. The van der Waals surface area contributed by atoms with Crippen LogP contribution in [0.1, 0.15) is 25.8 Å². The maximum atomic E-state index is 12.1. The van der Waals surface area contributed by atoms with E-state index in [0.717, 1.165) is 5.56 Å². The lowest BCUT2D eigenvalue weighted by Crippen LogP contribution is -2.45. The predicted octanol–water partition coefficient (Wildman–Crippen LogP) is 0.426. The van der Waals surface area contributed by atoms with Crippen molar-refractivity contribution < 1.29 is 27.5 Å². The van der Waals surface area contributed by atoms with Crippen molar-refractivity contribution in [2.75, 3.05) is 6.54 Å². The molecule has 3 amide bonds. The van der Waals surface area contributed by atoms with Crippen LogP contribution in [0.4, 0.5) is 4.79 Å². The van der Waals surface area contributed by atoms with E-state index < -0.39 is 40.0 Å². The van der Waals surface area contributed by atoms with Crippen molar-refractivity contribution in [3.8, 4) is 0 Å². The topological polar surface area (TPSA) is 145 Å². The van der Waals surface area contributed by atoms with Crippen LogP contribution < -0.4 is 15.8 Å². The van der Waals surface area contributed by atoms with E-state index in [1.54, 1.807) is 26.0 Å². The van der Waals surface area contributed by atoms with E-state index in [1.807, 2.05) is 12.2 Å². The summed E-state index contributed by atoms with van der Waals surface area (Å²) in [6, 6.07) is 5.18. The van der Waals surface area contributed by atoms with E-state index in [-0.39, 0.29) is 17.9 Å². The maximum Gasteiger partial charge on any atom is 0.318 e. The molecule has 0 aliphatic rings. The molecule has 10 heteroatoms. The summed E-state index contributed by atoms with van der Waals surface area (Å²) in [6.07, 6.45) is -1.48. The Morgan fingerprint density at radius 2 is 1.73 bits per heavy atom. The number of urea groups is 1. The number of nitrogens with two attached hydrogens (primary N) is 1. The van der Waals surface area contributed by atoms with Gasteiger partial charge in [-0.1, -0.05) is 31.5 Å². The molecule has 0 aromatic heterocycles. The van der Waals surface area contributed by atoms with Crippen molar-refractivity contribution in [1.82, 2.24) is 10.0 Å². The minimum atomic E-state index is -3.75. The number of nitrogens with one attached hydrogen (secondary N) is 2. The van der Waals surface area contributed by atoms with Crippen LogP contribution in [0.15, 0.2) is 29.2 Å². The molecule has 9 nitrogen and oxygen atoms in total. The Hall–Kier alpha value is -2.46. The molecule has 0 heterocycles. The monoisotopic (exact) mass is 385 g/mol. The van der Waals surface area contributed by atoms with Gasteiger partial charge in [0.05, 0.1) is 11.3 Å². The fourth-order valence-corrected chi connectivity index (χ4v) is 3.01. The number of amides is 3. The molecule has 0 unspecified atom stereocenters. The molecule has 0 saturated heterocycles. The second-order valence-corrected chi connectivity index (χ2v) is 7.74. The van der Waals surface area contributed by atoms with Crippen molar-refractivity contribution in [3.63, 3.8) is 0 Å². The Morgan fingerprint density at radius 1 is 1.15 bits per heavy atom. The average Bonchev–Trinajstić information content (AvgIpc) is 2.51. The van der Waals surface area contributed by atoms with E-state index in [2.05, 4.69) is 4.72 Å². The number of benzene rings is 1. The Kier molecular flexibility index (Phi) is 7.72. The van der Waals surface area contributed by atoms with Gasteiger partial charge < -0.3 is 10.5 Å². The molecule has 1 aromatic rings. The van der Waals surface area contributed by atoms with Gasteiger partial charge in [-0.25, -0.2) is 17.9 Å². The Morgan fingerprint density at radius 3 is 2.23 bits per heavy atom. The van der Waals surface area contributed by atoms with Crippen LogP contribution in [0.25, 0.3) is 0 Å². The van der Waals surface area contributed by atoms with Gasteiger partial charge in [-0.2, -0.15) is 0 Å². The molecule has 0 radical (unpaired) electrons. The molecule has 26 heavy (non-hydrogen) atoms. The number of imide groups is 1. The summed E-state index contributed by atoms with van der Waals surface area (Å²) in [6.45, 7) is 4.88. The Labute approximate surface area is 152 Å². The minimum Gasteiger partial charge on any atom is -0.452 e. The van der Waals surface area contributed by atoms with Crippen molar-refractivity contribution >= 4 is 27.9 Å². The molecule has 1 aromatic carbocycles. The minimum absolute atomic E-state index is 0.0809. The first-order valence-electron chi connectivity index (χ1n) is 7.89. The molecule has 144 valence electrons. The number of esters is 1. The largest absolute Gasteiger partial charge is 0.452 e. The standard InChI is InChI=1S/C16H23N3O6S/c1-10(2)14(15(21)19-16(17)22)25-13(20)8-9-18-26(23,24)12-6-4-11(3)5-7-12/h4-7,10,14,18H,8-9H2,1-3H3,(H3,17,19,21,22)/t14-/m0/s1. The summed E-state index contributed by atoms with van der Waals surface area (Å²) in [5, 5.41) is 1.85. The summed E-state index contributed by atoms with van der Waals surface area (Å²) in [7, 11) is -3.75. The molecule has 0 bridgehead atoms. The number of primary amides is 1. The van der Waals surface area contributed by atoms with Crippen LogP contribution in [-0.4, -0.2) is 39.0 Å². The van der Waals surface area contributed by atoms with Crippen molar-refractivity contribution in [3.05, 3.63) is 29.8 Å². The van der Waals surface area contributed by atoms with Crippen molar-refractivity contribution in [2.45, 2.75) is 38.2 Å². The zero-order valence-electron chi connectivity index (χ0n) is 14.8. The summed E-state index contributed by atoms with van der Waals surface area (Å²) in [5.41, 5.74) is 5.78. The Balaban J connectivity index is 2.58. The number of ether oxygens (including phenoxy) is 1. The SMILES string of the molecule is Cc1ccc(S(=O)(=O)NCCC(=O)O[C@H](C(=O)NC(N)=O)C(C)C)cc1. The quantitative estimate of drug-likeness (QED) is 0.553. The van der Waals surface area contributed by atoms with Crippen molar-refractivity contribution in [2.24, 2.45) is 11.7 Å². The molecule has 0 spiro atoms. The van der Waals surface area contributed by atoms with Crippen LogP contribution in [0.2, 0.25) is 0 Å². The van der Waals surface area contributed by atoms with Gasteiger partial charge in [0.25, 0.3) is 5.91 Å². The number of sulfonamides is 1. The highest BCUT2D eigenvalue weighted by atomic mass is 32.2. The number of hydrogen-bond acceptors (Lipinski definition) is 6. The molecule has 0 fully saturated rings. The highest BCUT2D eigenvalue weighted by Gasteiger charge is 2.27. The van der Waals surface area contributed by atoms with Gasteiger partial charge in [-0.15, -0.1) is 0 Å². The van der Waals surface area contributed by atoms with Crippen LogP contribution in [0.3, 0.4) is 0 Å². The van der Waals surface area contributed by atoms with Gasteiger partial charge in [-0.05, 0) is 25.0 Å². The van der Waals surface area contributed by atoms with E-state index in [4.69, 9.17) is 10.5 Å². The summed E-state index contributed by atoms with van der Waals surface area (Å²) < 4.78 is 31.5. The van der Waals surface area contributed by atoms with E-state index in [9.17, 15) is 22.8 Å². The second kappa shape index (κ2) is 9.30. The molecule has 4 N–H and O–H groups in total. The van der Waals surface area contributed by atoms with Gasteiger partial charge in [0.2, 0.25) is 10.0 Å². The maximum absolute atomic E-state index is 12.1. The zero-order valence-corrected chi connectivity index (χ0v) is 15.6. The number of aryl methyl sites for hydroxylation is 1. The smallest absolute Gasteiger partial charge is 0.318 e. The lowest BCUT2D eigenvalue weighted by molar-refractivity contribution is -0.158. The lowest BCUT2D eigenvalue weighted by Gasteiger charge is -2.19. The van der Waals surface area contributed by atoms with E-state index in [1.165, 1.54) is 12.1 Å². The summed E-state index contributed by atoms with van der Waals surface area (Å²) in [4.78, 5) is 34.5. The molecular formula is C16H23N3O6S. The first kappa shape index (κ1) is 21.6.